The van der Waals surface area contributed by atoms with Gasteiger partial charge in [0.05, 0.1) is 13.2 Å². The van der Waals surface area contributed by atoms with Crippen molar-refractivity contribution in [3.63, 3.8) is 0 Å². The van der Waals surface area contributed by atoms with Crippen LogP contribution < -0.4 is 0 Å². The smallest absolute Gasteiger partial charge is 0.358 e. The molecule has 0 spiro atoms. The van der Waals surface area contributed by atoms with E-state index in [1.807, 2.05) is 0 Å². The highest BCUT2D eigenvalue weighted by Gasteiger charge is 2.17. The summed E-state index contributed by atoms with van der Waals surface area (Å²) in [6.07, 6.45) is 0. The van der Waals surface area contributed by atoms with Gasteiger partial charge in [-0.25, -0.2) is 18.3 Å². The Morgan fingerprint density at radius 3 is 2.65 bits per heavy atom. The number of hydrogen-bond acceptors (Lipinski definition) is 4. The summed E-state index contributed by atoms with van der Waals surface area (Å²) in [6.45, 7) is 1.46. The Hall–Kier alpha value is -2.44. The van der Waals surface area contributed by atoms with Gasteiger partial charge in [-0.3, -0.25) is 0 Å². The van der Waals surface area contributed by atoms with Gasteiger partial charge in [0.25, 0.3) is 0 Å². The second-order valence-electron chi connectivity index (χ2n) is 3.97. The first-order valence-corrected chi connectivity index (χ1v) is 5.89. The number of aromatic nitrogens is 2. The van der Waals surface area contributed by atoms with Crippen LogP contribution in [0.4, 0.5) is 8.78 Å². The van der Waals surface area contributed by atoms with Crippen molar-refractivity contribution in [2.45, 2.75) is 13.5 Å². The molecule has 0 radical (unpaired) electrons. The van der Waals surface area contributed by atoms with E-state index in [2.05, 4.69) is 5.10 Å². The number of carbonyl (C=O) groups is 1. The Labute approximate surface area is 113 Å². The summed E-state index contributed by atoms with van der Waals surface area (Å²) in [7, 11) is 0. The number of ether oxygens (including phenoxy) is 1. The number of carbonyl (C=O) groups excluding carboxylic acids is 1. The van der Waals surface area contributed by atoms with Crippen molar-refractivity contribution >= 4 is 5.97 Å². The molecule has 0 amide bonds. The second kappa shape index (κ2) is 5.68. The lowest BCUT2D eigenvalue weighted by atomic mass is 10.2. The zero-order valence-corrected chi connectivity index (χ0v) is 10.6. The zero-order valence-electron chi connectivity index (χ0n) is 10.6. The molecule has 0 aliphatic heterocycles. The second-order valence-corrected chi connectivity index (χ2v) is 3.97. The van der Waals surface area contributed by atoms with Crippen LogP contribution in [0, 0.1) is 11.6 Å². The maximum atomic E-state index is 13.5. The third kappa shape index (κ3) is 2.76. The molecular weight excluding hydrogens is 270 g/mol. The first-order chi connectivity index (χ1) is 9.52. The van der Waals surface area contributed by atoms with E-state index in [9.17, 15) is 18.7 Å². The molecule has 20 heavy (non-hydrogen) atoms. The molecule has 0 atom stereocenters. The van der Waals surface area contributed by atoms with E-state index < -0.39 is 17.6 Å². The summed E-state index contributed by atoms with van der Waals surface area (Å²) < 4.78 is 32.6. The molecule has 106 valence electrons. The quantitative estimate of drug-likeness (QED) is 0.872. The van der Waals surface area contributed by atoms with Crippen LogP contribution in [0.2, 0.25) is 0 Å². The van der Waals surface area contributed by atoms with E-state index in [1.54, 1.807) is 6.92 Å². The Balaban J connectivity index is 2.28. The van der Waals surface area contributed by atoms with Crippen LogP contribution in [0.1, 0.15) is 23.0 Å². The molecule has 0 unspecified atom stereocenters. The van der Waals surface area contributed by atoms with Gasteiger partial charge < -0.3 is 9.84 Å². The summed E-state index contributed by atoms with van der Waals surface area (Å²) in [6, 6.07) is 4.52. The van der Waals surface area contributed by atoms with Gasteiger partial charge in [-0.15, -0.1) is 0 Å². The molecule has 0 aliphatic rings. The van der Waals surface area contributed by atoms with Crippen LogP contribution in [0.5, 0.6) is 5.88 Å². The normalized spacial score (nSPS) is 10.6. The molecule has 0 saturated heterocycles. The standard InChI is InChI=1S/C13H12F2N2O3/c1-2-20-13(19)11-6-12(18)17(16-11)7-8-9(14)4-3-5-10(8)15/h3-6,18H,2,7H2,1H3. The lowest BCUT2D eigenvalue weighted by Gasteiger charge is -2.06. The Bertz CT molecular complexity index is 620. The Kier molecular flexibility index (Phi) is 3.97. The monoisotopic (exact) mass is 282 g/mol. The van der Waals surface area contributed by atoms with Crippen LogP contribution in [0.15, 0.2) is 24.3 Å². The molecule has 1 aromatic heterocycles. The van der Waals surface area contributed by atoms with Crippen LogP contribution in [0.3, 0.4) is 0 Å². The number of nitrogens with zero attached hydrogens (tertiary/aromatic N) is 2. The van der Waals surface area contributed by atoms with Gasteiger partial charge in [0.1, 0.15) is 11.6 Å². The maximum absolute atomic E-state index is 13.5. The number of halogens is 2. The summed E-state index contributed by atoms with van der Waals surface area (Å²) in [5.74, 6) is -2.60. The SMILES string of the molecule is CCOC(=O)c1cc(O)n(Cc2c(F)cccc2F)n1. The molecule has 0 fully saturated rings. The molecule has 2 aromatic rings. The van der Waals surface area contributed by atoms with E-state index in [1.165, 1.54) is 6.07 Å². The fraction of sp³-hybridized carbons (Fsp3) is 0.231. The van der Waals surface area contributed by atoms with E-state index >= 15 is 0 Å². The minimum atomic E-state index is -0.752. The first kappa shape index (κ1) is 14.0. The zero-order chi connectivity index (χ0) is 14.7. The van der Waals surface area contributed by atoms with Crippen molar-refractivity contribution in [2.24, 2.45) is 0 Å². The fourth-order valence-corrected chi connectivity index (χ4v) is 1.66. The van der Waals surface area contributed by atoms with Gasteiger partial charge in [0.2, 0.25) is 5.88 Å². The van der Waals surface area contributed by atoms with Crippen molar-refractivity contribution in [3.05, 3.63) is 47.2 Å². The van der Waals surface area contributed by atoms with E-state index in [-0.39, 0.29) is 30.3 Å². The predicted octanol–water partition coefficient (Wildman–Crippen LogP) is 2.09. The van der Waals surface area contributed by atoms with Crippen LogP contribution >= 0.6 is 0 Å². The summed E-state index contributed by atoms with van der Waals surface area (Å²) in [5.41, 5.74) is -0.373. The topological polar surface area (TPSA) is 64.3 Å². The average molecular weight is 282 g/mol. The molecule has 2 rings (SSSR count). The first-order valence-electron chi connectivity index (χ1n) is 5.89. The van der Waals surface area contributed by atoms with Crippen molar-refractivity contribution in [3.8, 4) is 5.88 Å². The molecular formula is C13H12F2N2O3. The minimum absolute atomic E-state index is 0.124. The largest absolute Gasteiger partial charge is 0.493 e. The third-order valence-corrected chi connectivity index (χ3v) is 2.61. The lowest BCUT2D eigenvalue weighted by Crippen LogP contribution is -2.09. The average Bonchev–Trinajstić information content (AvgIpc) is 2.76. The number of rotatable bonds is 4. The molecule has 0 bridgehead atoms. The summed E-state index contributed by atoms with van der Waals surface area (Å²) >= 11 is 0. The van der Waals surface area contributed by atoms with E-state index in [0.29, 0.717) is 0 Å². The van der Waals surface area contributed by atoms with Crippen molar-refractivity contribution in [2.75, 3.05) is 6.61 Å². The van der Waals surface area contributed by atoms with Crippen molar-refractivity contribution in [1.82, 2.24) is 9.78 Å². The summed E-state index contributed by atoms with van der Waals surface area (Å²) in [5, 5.41) is 13.4. The molecule has 7 heteroatoms. The highest BCUT2D eigenvalue weighted by molar-refractivity contribution is 5.87. The van der Waals surface area contributed by atoms with Gasteiger partial charge in [0.15, 0.2) is 5.69 Å². The van der Waals surface area contributed by atoms with Gasteiger partial charge in [0, 0.05) is 11.6 Å². The minimum Gasteiger partial charge on any atom is -0.493 e. The number of aromatic hydroxyl groups is 1. The Morgan fingerprint density at radius 1 is 1.40 bits per heavy atom. The molecule has 1 N–H and O–H groups in total. The van der Waals surface area contributed by atoms with E-state index in [0.717, 1.165) is 22.9 Å². The number of benzene rings is 1. The van der Waals surface area contributed by atoms with Crippen molar-refractivity contribution < 1.29 is 23.4 Å². The highest BCUT2D eigenvalue weighted by Crippen LogP contribution is 2.18. The predicted molar refractivity (Wildman–Crippen MR) is 65.3 cm³/mol. The molecule has 0 aliphatic carbocycles. The van der Waals surface area contributed by atoms with Gasteiger partial charge in [-0.2, -0.15) is 5.10 Å². The van der Waals surface area contributed by atoms with Crippen LogP contribution in [-0.4, -0.2) is 27.5 Å². The van der Waals surface area contributed by atoms with Gasteiger partial charge in [-0.05, 0) is 19.1 Å². The van der Waals surface area contributed by atoms with Crippen LogP contribution in [0.25, 0.3) is 0 Å². The van der Waals surface area contributed by atoms with E-state index in [4.69, 9.17) is 4.74 Å². The Morgan fingerprint density at radius 2 is 2.05 bits per heavy atom. The lowest BCUT2D eigenvalue weighted by molar-refractivity contribution is 0.0518. The van der Waals surface area contributed by atoms with Gasteiger partial charge >= 0.3 is 5.97 Å². The molecule has 0 saturated carbocycles. The summed E-state index contributed by atoms with van der Waals surface area (Å²) in [4.78, 5) is 11.4. The molecule has 5 nitrogen and oxygen atoms in total. The van der Waals surface area contributed by atoms with Crippen molar-refractivity contribution in [1.29, 1.82) is 0 Å². The molecule has 1 aromatic carbocycles. The fourth-order valence-electron chi connectivity index (χ4n) is 1.66. The van der Waals surface area contributed by atoms with Crippen LogP contribution in [-0.2, 0) is 11.3 Å². The highest BCUT2D eigenvalue weighted by atomic mass is 19.1. The molecule has 1 heterocycles. The van der Waals surface area contributed by atoms with Gasteiger partial charge in [-0.1, -0.05) is 6.07 Å². The maximum Gasteiger partial charge on any atom is 0.358 e. The number of esters is 1. The third-order valence-electron chi connectivity index (χ3n) is 2.61. The number of hydrogen-bond donors (Lipinski definition) is 1.